The molecule has 0 saturated carbocycles. The molecule has 20 heavy (non-hydrogen) atoms. The molecule has 0 amide bonds. The maximum atomic E-state index is 12.1. The van der Waals surface area contributed by atoms with Gasteiger partial charge < -0.3 is 9.64 Å². The van der Waals surface area contributed by atoms with E-state index in [1.54, 1.807) is 4.31 Å². The minimum Gasteiger partial charge on any atom is -0.378 e. The summed E-state index contributed by atoms with van der Waals surface area (Å²) in [5, 5.41) is 0. The van der Waals surface area contributed by atoms with E-state index in [4.69, 9.17) is 4.74 Å². The van der Waals surface area contributed by atoms with Crippen LogP contribution in [0.25, 0.3) is 0 Å². The second kappa shape index (κ2) is 7.70. The average Bonchev–Trinajstić information content (AvgIpc) is 2.92. The van der Waals surface area contributed by atoms with Crippen molar-refractivity contribution in [1.29, 1.82) is 0 Å². The molecule has 2 rings (SSSR count). The molecule has 118 valence electrons. The molecule has 0 aromatic rings. The van der Waals surface area contributed by atoms with Crippen LogP contribution in [0, 0.1) is 0 Å². The van der Waals surface area contributed by atoms with Gasteiger partial charge in [-0.1, -0.05) is 0 Å². The van der Waals surface area contributed by atoms with E-state index in [1.807, 2.05) is 7.05 Å². The van der Waals surface area contributed by atoms with Gasteiger partial charge in [0.1, 0.15) is 0 Å². The molecule has 0 aromatic carbocycles. The Kier molecular flexibility index (Phi) is 6.22. The van der Waals surface area contributed by atoms with Gasteiger partial charge in [-0.15, -0.1) is 0 Å². The van der Waals surface area contributed by atoms with Crippen LogP contribution in [0.5, 0.6) is 0 Å². The fourth-order valence-corrected chi connectivity index (χ4v) is 3.92. The molecule has 2 aliphatic rings. The Morgan fingerprint density at radius 1 is 1.20 bits per heavy atom. The Balaban J connectivity index is 1.59. The highest BCUT2D eigenvalue weighted by Gasteiger charge is 2.24. The molecule has 1 N–H and O–H groups in total. The van der Waals surface area contributed by atoms with Crippen molar-refractivity contribution in [3.63, 3.8) is 0 Å². The summed E-state index contributed by atoms with van der Waals surface area (Å²) in [6.07, 6.45) is 5.69. The Morgan fingerprint density at radius 3 is 2.60 bits per heavy atom. The van der Waals surface area contributed by atoms with E-state index in [1.165, 1.54) is 6.42 Å². The highest BCUT2D eigenvalue weighted by Crippen LogP contribution is 2.17. The fourth-order valence-electron chi connectivity index (χ4n) is 2.69. The van der Waals surface area contributed by atoms with Crippen molar-refractivity contribution < 1.29 is 13.2 Å². The van der Waals surface area contributed by atoms with Gasteiger partial charge in [-0.3, -0.25) is 0 Å². The summed E-state index contributed by atoms with van der Waals surface area (Å²) < 4.78 is 34.0. The maximum Gasteiger partial charge on any atom is 0.279 e. The second-order valence-corrected chi connectivity index (χ2v) is 7.49. The van der Waals surface area contributed by atoms with Crippen molar-refractivity contribution in [3.05, 3.63) is 0 Å². The van der Waals surface area contributed by atoms with Gasteiger partial charge in [-0.2, -0.15) is 12.7 Å². The molecule has 1 atom stereocenters. The monoisotopic (exact) mass is 305 g/mol. The molecule has 0 aromatic heterocycles. The van der Waals surface area contributed by atoms with Crippen molar-refractivity contribution in [2.45, 2.75) is 38.2 Å². The number of likely N-dealkylation sites (N-methyl/N-ethyl adjacent to an activating group) is 1. The largest absolute Gasteiger partial charge is 0.378 e. The van der Waals surface area contributed by atoms with E-state index in [9.17, 15) is 8.42 Å². The number of rotatable bonds is 7. The summed E-state index contributed by atoms with van der Waals surface area (Å²) in [6, 6.07) is 0. The first-order chi connectivity index (χ1) is 9.58. The average molecular weight is 305 g/mol. The number of nitrogens with zero attached hydrogens (tertiary/aromatic N) is 2. The Labute approximate surface area is 122 Å². The lowest BCUT2D eigenvalue weighted by atomic mass is 10.1. The lowest BCUT2D eigenvalue weighted by molar-refractivity contribution is 0.102. The van der Waals surface area contributed by atoms with Gasteiger partial charge in [0, 0.05) is 39.3 Å². The van der Waals surface area contributed by atoms with Gasteiger partial charge in [-0.25, -0.2) is 4.72 Å². The van der Waals surface area contributed by atoms with Crippen LogP contribution in [0.3, 0.4) is 0 Å². The molecule has 7 heteroatoms. The van der Waals surface area contributed by atoms with Crippen LogP contribution >= 0.6 is 0 Å². The van der Waals surface area contributed by atoms with Crippen molar-refractivity contribution in [3.8, 4) is 0 Å². The van der Waals surface area contributed by atoms with Crippen molar-refractivity contribution >= 4 is 10.2 Å². The van der Waals surface area contributed by atoms with Crippen molar-refractivity contribution in [2.75, 3.05) is 46.4 Å². The summed E-state index contributed by atoms with van der Waals surface area (Å²) in [7, 11) is -1.26. The quantitative estimate of drug-likeness (QED) is 0.692. The van der Waals surface area contributed by atoms with Crippen LogP contribution in [0.4, 0.5) is 0 Å². The third-order valence-electron chi connectivity index (χ3n) is 4.06. The molecular formula is C13H27N3O3S. The van der Waals surface area contributed by atoms with Gasteiger partial charge in [0.15, 0.2) is 0 Å². The van der Waals surface area contributed by atoms with E-state index in [2.05, 4.69) is 9.62 Å². The molecule has 2 heterocycles. The van der Waals surface area contributed by atoms with E-state index in [-0.39, 0.29) is 0 Å². The first-order valence-electron chi connectivity index (χ1n) is 7.63. The van der Waals surface area contributed by atoms with Gasteiger partial charge in [0.05, 0.1) is 6.10 Å². The zero-order valence-electron chi connectivity index (χ0n) is 12.4. The van der Waals surface area contributed by atoms with Crippen LogP contribution in [-0.2, 0) is 14.9 Å². The van der Waals surface area contributed by atoms with Gasteiger partial charge >= 0.3 is 0 Å². The van der Waals surface area contributed by atoms with Gasteiger partial charge in [0.2, 0.25) is 0 Å². The van der Waals surface area contributed by atoms with E-state index in [0.29, 0.717) is 25.7 Å². The fraction of sp³-hybridized carbons (Fsp3) is 1.00. The third kappa shape index (κ3) is 4.96. The van der Waals surface area contributed by atoms with Gasteiger partial charge in [-0.05, 0) is 39.2 Å². The molecule has 2 aliphatic heterocycles. The smallest absolute Gasteiger partial charge is 0.279 e. The molecule has 2 fully saturated rings. The van der Waals surface area contributed by atoms with E-state index >= 15 is 0 Å². The van der Waals surface area contributed by atoms with Crippen LogP contribution in [0.2, 0.25) is 0 Å². The maximum absolute atomic E-state index is 12.1. The van der Waals surface area contributed by atoms with Crippen LogP contribution < -0.4 is 4.72 Å². The van der Waals surface area contributed by atoms with Crippen LogP contribution in [-0.4, -0.2) is 70.1 Å². The Hall–Kier alpha value is -0.210. The number of nitrogens with one attached hydrogen (secondary N) is 1. The lowest BCUT2D eigenvalue weighted by Gasteiger charge is -2.31. The Morgan fingerprint density at radius 2 is 1.95 bits per heavy atom. The summed E-state index contributed by atoms with van der Waals surface area (Å²) in [5.74, 6) is 0. The normalized spacial score (nSPS) is 26.1. The highest BCUT2D eigenvalue weighted by molar-refractivity contribution is 7.87. The minimum absolute atomic E-state index is 0.407. The van der Waals surface area contributed by atoms with E-state index in [0.717, 1.165) is 45.4 Å². The summed E-state index contributed by atoms with van der Waals surface area (Å²) in [4.78, 5) is 2.15. The molecule has 0 aliphatic carbocycles. The van der Waals surface area contributed by atoms with Crippen LogP contribution in [0.15, 0.2) is 0 Å². The molecule has 1 unspecified atom stereocenters. The second-order valence-electron chi connectivity index (χ2n) is 5.73. The zero-order chi connectivity index (χ0) is 14.4. The summed E-state index contributed by atoms with van der Waals surface area (Å²) in [6.45, 7) is 4.20. The molecule has 0 radical (unpaired) electrons. The number of piperazine rings is 1. The first kappa shape index (κ1) is 16.2. The summed E-state index contributed by atoms with van der Waals surface area (Å²) >= 11 is 0. The molecular weight excluding hydrogens is 278 g/mol. The number of hydrogen-bond donors (Lipinski definition) is 1. The number of ether oxygens (including phenoxy) is 1. The Bertz CT molecular complexity index is 374. The predicted molar refractivity (Wildman–Crippen MR) is 78.8 cm³/mol. The predicted octanol–water partition coefficient (Wildman–Crippen LogP) is 0.418. The lowest BCUT2D eigenvalue weighted by Crippen LogP contribution is -2.51. The van der Waals surface area contributed by atoms with E-state index < -0.39 is 10.2 Å². The minimum atomic E-state index is -3.28. The molecule has 6 nitrogen and oxygen atoms in total. The number of unbranched alkanes of at least 4 members (excludes halogenated alkanes) is 1. The zero-order valence-corrected chi connectivity index (χ0v) is 13.2. The van der Waals surface area contributed by atoms with Crippen molar-refractivity contribution in [2.24, 2.45) is 0 Å². The first-order valence-corrected chi connectivity index (χ1v) is 9.07. The van der Waals surface area contributed by atoms with Crippen molar-refractivity contribution in [1.82, 2.24) is 13.9 Å². The number of hydrogen-bond acceptors (Lipinski definition) is 4. The van der Waals surface area contributed by atoms with Gasteiger partial charge in [0.25, 0.3) is 10.2 Å². The standard InChI is InChI=1S/C13H27N3O3S/c1-15-8-10-16(11-9-15)20(17,18)14-7-3-2-5-13-6-4-12-19-13/h13-14H,2-12H2,1H3. The summed E-state index contributed by atoms with van der Waals surface area (Å²) in [5.41, 5.74) is 0. The SMILES string of the molecule is CN1CCN(S(=O)(=O)NCCCCC2CCCO2)CC1. The topological polar surface area (TPSA) is 61.9 Å². The molecule has 2 saturated heterocycles. The molecule has 0 spiro atoms. The molecule has 0 bridgehead atoms. The van der Waals surface area contributed by atoms with Crippen LogP contribution in [0.1, 0.15) is 32.1 Å². The highest BCUT2D eigenvalue weighted by atomic mass is 32.2. The third-order valence-corrected chi connectivity index (χ3v) is 5.68.